The lowest BCUT2D eigenvalue weighted by Crippen LogP contribution is -2.13. The van der Waals surface area contributed by atoms with Crippen molar-refractivity contribution in [1.29, 1.82) is 0 Å². The first-order valence-corrected chi connectivity index (χ1v) is 7.46. The van der Waals surface area contributed by atoms with Crippen molar-refractivity contribution in [1.82, 2.24) is 19.9 Å². The molecular weight excluding hydrogens is 294 g/mol. The van der Waals surface area contributed by atoms with Gasteiger partial charge >= 0.3 is 0 Å². The smallest absolute Gasteiger partial charge is 0.224 e. The monoisotopic (exact) mass is 313 g/mol. The minimum absolute atomic E-state index is 0.0623. The SMILES string of the molecule is Cc1noc(C)c1CCC(=O)Nc1cnc2c(c1)c(C)nn2C. The Morgan fingerprint density at radius 1 is 1.30 bits per heavy atom. The van der Waals surface area contributed by atoms with E-state index in [1.54, 1.807) is 10.9 Å². The number of hydrogen-bond acceptors (Lipinski definition) is 5. The van der Waals surface area contributed by atoms with Crippen LogP contribution in [-0.4, -0.2) is 25.8 Å². The third kappa shape index (κ3) is 2.94. The number of aromatic nitrogens is 4. The summed E-state index contributed by atoms with van der Waals surface area (Å²) in [6, 6.07) is 1.90. The molecule has 0 bridgehead atoms. The normalized spacial score (nSPS) is 11.1. The standard InChI is InChI=1S/C16H19N5O2/c1-9-14-7-12(8-17-16(14)21(4)19-9)18-15(22)6-5-13-10(2)20-23-11(13)3/h7-8H,5-6H2,1-4H3,(H,18,22). The highest BCUT2D eigenvalue weighted by Gasteiger charge is 2.12. The van der Waals surface area contributed by atoms with Crippen LogP contribution in [0.4, 0.5) is 5.69 Å². The Kier molecular flexibility index (Phi) is 3.85. The minimum atomic E-state index is -0.0623. The number of aryl methyl sites for hydroxylation is 4. The zero-order valence-electron chi connectivity index (χ0n) is 13.7. The van der Waals surface area contributed by atoms with Crippen LogP contribution < -0.4 is 5.32 Å². The second kappa shape index (κ2) is 5.83. The summed E-state index contributed by atoms with van der Waals surface area (Å²) in [6.07, 6.45) is 2.62. The van der Waals surface area contributed by atoms with Crippen LogP contribution in [0.25, 0.3) is 11.0 Å². The number of nitrogens with one attached hydrogen (secondary N) is 1. The number of fused-ring (bicyclic) bond motifs is 1. The van der Waals surface area contributed by atoms with Crippen molar-refractivity contribution in [3.05, 3.63) is 35.0 Å². The van der Waals surface area contributed by atoms with Gasteiger partial charge in [-0.25, -0.2) is 4.98 Å². The molecule has 0 aliphatic rings. The first kappa shape index (κ1) is 15.2. The second-order valence-electron chi connectivity index (χ2n) is 5.66. The van der Waals surface area contributed by atoms with Crippen LogP contribution in [0.1, 0.15) is 29.1 Å². The fourth-order valence-corrected chi connectivity index (χ4v) is 2.70. The van der Waals surface area contributed by atoms with Crippen LogP contribution >= 0.6 is 0 Å². The number of pyridine rings is 1. The topological polar surface area (TPSA) is 85.8 Å². The van der Waals surface area contributed by atoms with Gasteiger partial charge in [-0.2, -0.15) is 5.10 Å². The summed E-state index contributed by atoms with van der Waals surface area (Å²) >= 11 is 0. The summed E-state index contributed by atoms with van der Waals surface area (Å²) in [5, 5.41) is 12.0. The fourth-order valence-electron chi connectivity index (χ4n) is 2.70. The van der Waals surface area contributed by atoms with E-state index in [2.05, 4.69) is 20.6 Å². The van der Waals surface area contributed by atoms with Gasteiger partial charge < -0.3 is 9.84 Å². The highest BCUT2D eigenvalue weighted by atomic mass is 16.5. The van der Waals surface area contributed by atoms with Crippen LogP contribution in [0.15, 0.2) is 16.8 Å². The quantitative estimate of drug-likeness (QED) is 0.799. The van der Waals surface area contributed by atoms with Crippen molar-refractivity contribution in [2.45, 2.75) is 33.6 Å². The number of nitrogens with zero attached hydrogens (tertiary/aromatic N) is 4. The molecule has 7 heteroatoms. The van der Waals surface area contributed by atoms with Crippen molar-refractivity contribution < 1.29 is 9.32 Å². The molecule has 0 saturated heterocycles. The molecular formula is C16H19N5O2. The molecule has 0 saturated carbocycles. The van der Waals surface area contributed by atoms with E-state index in [9.17, 15) is 4.79 Å². The molecule has 0 aromatic carbocycles. The Bertz CT molecular complexity index is 859. The second-order valence-corrected chi connectivity index (χ2v) is 5.66. The molecule has 0 aliphatic carbocycles. The summed E-state index contributed by atoms with van der Waals surface area (Å²) in [5.74, 6) is 0.706. The van der Waals surface area contributed by atoms with Gasteiger partial charge in [-0.1, -0.05) is 5.16 Å². The Hall–Kier alpha value is -2.70. The summed E-state index contributed by atoms with van der Waals surface area (Å²) in [6.45, 7) is 5.66. The number of hydrogen-bond donors (Lipinski definition) is 1. The number of anilines is 1. The highest BCUT2D eigenvalue weighted by molar-refractivity contribution is 5.93. The molecule has 0 atom stereocenters. The van der Waals surface area contributed by atoms with Crippen LogP contribution in [0, 0.1) is 20.8 Å². The highest BCUT2D eigenvalue weighted by Crippen LogP contribution is 2.20. The maximum Gasteiger partial charge on any atom is 0.224 e. The third-order valence-corrected chi connectivity index (χ3v) is 3.93. The summed E-state index contributed by atoms with van der Waals surface area (Å²) in [4.78, 5) is 16.5. The van der Waals surface area contributed by atoms with Gasteiger partial charge in [0.25, 0.3) is 0 Å². The van der Waals surface area contributed by atoms with Crippen LogP contribution in [0.2, 0.25) is 0 Å². The Morgan fingerprint density at radius 3 is 2.78 bits per heavy atom. The van der Waals surface area contributed by atoms with E-state index in [-0.39, 0.29) is 5.91 Å². The van der Waals surface area contributed by atoms with Crippen molar-refractivity contribution in [3.63, 3.8) is 0 Å². The van der Waals surface area contributed by atoms with Crippen LogP contribution in [0.5, 0.6) is 0 Å². The lowest BCUT2D eigenvalue weighted by molar-refractivity contribution is -0.116. The molecule has 1 amide bonds. The van der Waals surface area contributed by atoms with Crippen molar-refractivity contribution in [2.75, 3.05) is 5.32 Å². The van der Waals surface area contributed by atoms with Gasteiger partial charge in [0.05, 0.1) is 23.3 Å². The van der Waals surface area contributed by atoms with E-state index in [1.807, 2.05) is 33.9 Å². The van der Waals surface area contributed by atoms with Gasteiger partial charge in [0, 0.05) is 24.4 Å². The minimum Gasteiger partial charge on any atom is -0.361 e. The van der Waals surface area contributed by atoms with Crippen molar-refractivity contribution in [3.8, 4) is 0 Å². The molecule has 0 fully saturated rings. The average molecular weight is 313 g/mol. The molecule has 7 nitrogen and oxygen atoms in total. The number of rotatable bonds is 4. The summed E-state index contributed by atoms with van der Waals surface area (Å²) < 4.78 is 6.84. The Balaban J connectivity index is 1.69. The molecule has 3 aromatic heterocycles. The van der Waals surface area contributed by atoms with E-state index in [0.29, 0.717) is 18.5 Å². The van der Waals surface area contributed by atoms with E-state index < -0.39 is 0 Å². The number of amides is 1. The van der Waals surface area contributed by atoms with Crippen LogP contribution in [0.3, 0.4) is 0 Å². The molecule has 120 valence electrons. The van der Waals surface area contributed by atoms with Gasteiger partial charge in [-0.3, -0.25) is 9.48 Å². The maximum atomic E-state index is 12.1. The van der Waals surface area contributed by atoms with E-state index in [1.165, 1.54) is 0 Å². The predicted molar refractivity (Wildman–Crippen MR) is 86.2 cm³/mol. The average Bonchev–Trinajstić information content (AvgIpc) is 2.97. The third-order valence-electron chi connectivity index (χ3n) is 3.93. The number of carbonyl (C=O) groups excluding carboxylic acids is 1. The van der Waals surface area contributed by atoms with Crippen molar-refractivity contribution in [2.24, 2.45) is 7.05 Å². The molecule has 3 rings (SSSR count). The summed E-state index contributed by atoms with van der Waals surface area (Å²) in [7, 11) is 1.85. The Labute approximate surface area is 133 Å². The molecule has 3 aromatic rings. The zero-order chi connectivity index (χ0) is 16.6. The van der Waals surface area contributed by atoms with Crippen molar-refractivity contribution >= 4 is 22.6 Å². The fraction of sp³-hybridized carbons (Fsp3) is 0.375. The molecule has 3 heterocycles. The van der Waals surface area contributed by atoms with E-state index >= 15 is 0 Å². The summed E-state index contributed by atoms with van der Waals surface area (Å²) in [5.41, 5.74) is 4.21. The first-order chi connectivity index (χ1) is 11.0. The lowest BCUT2D eigenvalue weighted by Gasteiger charge is -2.05. The zero-order valence-corrected chi connectivity index (χ0v) is 13.7. The van der Waals surface area contributed by atoms with Gasteiger partial charge in [-0.05, 0) is 33.3 Å². The lowest BCUT2D eigenvalue weighted by atomic mass is 10.1. The van der Waals surface area contributed by atoms with E-state index in [4.69, 9.17) is 4.52 Å². The molecule has 1 N–H and O–H groups in total. The Morgan fingerprint density at radius 2 is 2.09 bits per heavy atom. The molecule has 0 unspecified atom stereocenters. The molecule has 0 aliphatic heterocycles. The maximum absolute atomic E-state index is 12.1. The van der Waals surface area contributed by atoms with Gasteiger partial charge in [0.2, 0.25) is 5.91 Å². The van der Waals surface area contributed by atoms with Gasteiger partial charge in [0.1, 0.15) is 5.76 Å². The van der Waals surface area contributed by atoms with E-state index in [0.717, 1.165) is 33.7 Å². The molecule has 0 spiro atoms. The molecule has 0 radical (unpaired) electrons. The van der Waals surface area contributed by atoms with Crippen LogP contribution in [-0.2, 0) is 18.3 Å². The first-order valence-electron chi connectivity index (χ1n) is 7.46. The molecule has 23 heavy (non-hydrogen) atoms. The largest absolute Gasteiger partial charge is 0.361 e. The van der Waals surface area contributed by atoms with Gasteiger partial charge in [-0.15, -0.1) is 0 Å². The predicted octanol–water partition coefficient (Wildman–Crippen LogP) is 2.45. The number of carbonyl (C=O) groups is 1. The van der Waals surface area contributed by atoms with Gasteiger partial charge in [0.15, 0.2) is 5.65 Å².